The molecule has 0 spiro atoms. The number of hydrogen-bond donors (Lipinski definition) is 1. The molecular weight excluding hydrogens is 327 g/mol. The van der Waals surface area contributed by atoms with Gasteiger partial charge in [0.05, 0.1) is 6.61 Å². The molecule has 1 unspecified atom stereocenters. The molecule has 1 saturated heterocycles. The minimum Gasteiger partial charge on any atom is -0.505 e. The molecule has 6 nitrogen and oxygen atoms in total. The number of likely N-dealkylation sites (tertiary alicyclic amines) is 1. The Hall–Kier alpha value is -2.57. The van der Waals surface area contributed by atoms with Crippen molar-refractivity contribution in [1.82, 2.24) is 9.88 Å². The zero-order chi connectivity index (χ0) is 18.0. The molecule has 134 valence electrons. The second-order valence-corrected chi connectivity index (χ2v) is 6.07. The summed E-state index contributed by atoms with van der Waals surface area (Å²) in [4.78, 5) is 18.6. The lowest BCUT2D eigenvalue weighted by molar-refractivity contribution is 0.0693. The van der Waals surface area contributed by atoms with Crippen LogP contribution in [-0.2, 0) is 0 Å². The van der Waals surface area contributed by atoms with Crippen LogP contribution < -0.4 is 4.74 Å². The molecule has 1 aromatic carbocycles. The summed E-state index contributed by atoms with van der Waals surface area (Å²) in [6.45, 7) is 4.74. The van der Waals surface area contributed by atoms with Gasteiger partial charge in [0.2, 0.25) is 5.69 Å². The first-order valence-electron chi connectivity index (χ1n) is 8.38. The van der Waals surface area contributed by atoms with Crippen molar-refractivity contribution in [2.75, 3.05) is 19.7 Å². The summed E-state index contributed by atoms with van der Waals surface area (Å²) < 4.78 is 24.9. The third-order valence-electron chi connectivity index (χ3n) is 4.34. The Bertz CT molecular complexity index is 774. The summed E-state index contributed by atoms with van der Waals surface area (Å²) in [5.74, 6) is -0.963. The normalized spacial score (nSPS) is 17.6. The van der Waals surface area contributed by atoms with Gasteiger partial charge in [-0.2, -0.15) is 0 Å². The van der Waals surface area contributed by atoms with E-state index in [-0.39, 0.29) is 29.2 Å². The highest BCUT2D eigenvalue weighted by Crippen LogP contribution is 2.33. The van der Waals surface area contributed by atoms with Gasteiger partial charge in [0.25, 0.3) is 5.91 Å². The molecule has 0 saturated carbocycles. The van der Waals surface area contributed by atoms with E-state index in [0.29, 0.717) is 31.2 Å². The Labute approximate surface area is 145 Å². The lowest BCUT2D eigenvalue weighted by Gasteiger charge is -2.32. The monoisotopic (exact) mass is 348 g/mol. The smallest absolute Gasteiger partial charge is 0.318 e. The van der Waals surface area contributed by atoms with Crippen molar-refractivity contribution in [3.05, 3.63) is 41.2 Å². The largest absolute Gasteiger partial charge is 0.505 e. The van der Waals surface area contributed by atoms with Crippen LogP contribution in [0.25, 0.3) is 0 Å². The first-order chi connectivity index (χ1) is 12.0. The number of oxazole rings is 1. The Morgan fingerprint density at radius 2 is 2.32 bits per heavy atom. The molecule has 3 rings (SSSR count). The lowest BCUT2D eigenvalue weighted by atomic mass is 9.90. The fraction of sp³-hybridized carbons (Fsp3) is 0.444. The molecule has 0 bridgehead atoms. The van der Waals surface area contributed by atoms with E-state index >= 15 is 0 Å². The average molecular weight is 348 g/mol. The van der Waals surface area contributed by atoms with Crippen LogP contribution in [-0.4, -0.2) is 40.6 Å². The number of carbonyl (C=O) groups excluding carboxylic acids is 1. The highest BCUT2D eigenvalue weighted by atomic mass is 19.1. The van der Waals surface area contributed by atoms with Gasteiger partial charge < -0.3 is 19.2 Å². The molecule has 1 atom stereocenters. The van der Waals surface area contributed by atoms with Crippen LogP contribution in [0.1, 0.15) is 47.6 Å². The van der Waals surface area contributed by atoms with Gasteiger partial charge in [0, 0.05) is 25.9 Å². The topological polar surface area (TPSA) is 75.8 Å². The van der Waals surface area contributed by atoms with Gasteiger partial charge in [0.15, 0.2) is 17.5 Å². The van der Waals surface area contributed by atoms with Crippen LogP contribution in [0, 0.1) is 12.7 Å². The number of aromatic hydroxyl groups is 1. The first kappa shape index (κ1) is 17.3. The van der Waals surface area contributed by atoms with E-state index < -0.39 is 5.82 Å². The molecule has 0 radical (unpaired) electrons. The van der Waals surface area contributed by atoms with E-state index in [0.717, 1.165) is 12.8 Å². The van der Waals surface area contributed by atoms with Gasteiger partial charge in [-0.1, -0.05) is 12.1 Å². The summed E-state index contributed by atoms with van der Waals surface area (Å²) >= 11 is 0. The van der Waals surface area contributed by atoms with Crippen LogP contribution in [0.3, 0.4) is 0 Å². The molecule has 1 aliphatic heterocycles. The van der Waals surface area contributed by atoms with E-state index in [1.807, 2.05) is 0 Å². The predicted molar refractivity (Wildman–Crippen MR) is 88.4 cm³/mol. The van der Waals surface area contributed by atoms with E-state index in [9.17, 15) is 14.3 Å². The fourth-order valence-electron chi connectivity index (χ4n) is 3.19. The lowest BCUT2D eigenvalue weighted by Crippen LogP contribution is -2.39. The Morgan fingerprint density at radius 3 is 3.08 bits per heavy atom. The highest BCUT2D eigenvalue weighted by Gasteiger charge is 2.31. The molecule has 2 heterocycles. The van der Waals surface area contributed by atoms with Crippen molar-refractivity contribution < 1.29 is 23.4 Å². The number of rotatable bonds is 4. The van der Waals surface area contributed by atoms with Crippen LogP contribution in [0.4, 0.5) is 4.39 Å². The van der Waals surface area contributed by atoms with Crippen molar-refractivity contribution >= 4 is 5.91 Å². The summed E-state index contributed by atoms with van der Waals surface area (Å²) in [6.07, 6.45) is 1.49. The van der Waals surface area contributed by atoms with Gasteiger partial charge in [-0.15, -0.1) is 0 Å². The Kier molecular flexibility index (Phi) is 4.92. The average Bonchev–Trinajstić information content (AvgIpc) is 2.97. The number of piperidine rings is 1. The van der Waals surface area contributed by atoms with Crippen LogP contribution in [0.15, 0.2) is 22.6 Å². The molecule has 1 amide bonds. The van der Waals surface area contributed by atoms with Crippen molar-refractivity contribution in [2.24, 2.45) is 0 Å². The summed E-state index contributed by atoms with van der Waals surface area (Å²) in [5, 5.41) is 9.59. The van der Waals surface area contributed by atoms with Gasteiger partial charge in [0.1, 0.15) is 0 Å². The van der Waals surface area contributed by atoms with Crippen molar-refractivity contribution in [3.8, 4) is 11.7 Å². The number of amides is 1. The standard InChI is InChI=1S/C18H21FN2O4/c1-3-24-18-16(20-11(2)25-18)17(23)21-9-5-6-12(10-21)13-7-4-8-14(22)15(13)19/h4,7-8,12,22H,3,5-6,9-10H2,1-2H3. The van der Waals surface area contributed by atoms with E-state index in [4.69, 9.17) is 9.15 Å². The molecule has 0 aliphatic carbocycles. The van der Waals surface area contributed by atoms with Crippen molar-refractivity contribution in [3.63, 3.8) is 0 Å². The van der Waals surface area contributed by atoms with Gasteiger partial charge in [-0.3, -0.25) is 4.79 Å². The SMILES string of the molecule is CCOc1oc(C)nc1C(=O)N1CCCC(c2cccc(O)c2F)C1. The number of halogens is 1. The number of ether oxygens (including phenoxy) is 1. The minimum atomic E-state index is -0.617. The molecular formula is C18H21FN2O4. The number of benzene rings is 1. The maximum Gasteiger partial charge on any atom is 0.318 e. The molecule has 25 heavy (non-hydrogen) atoms. The van der Waals surface area contributed by atoms with E-state index in [2.05, 4.69) is 4.98 Å². The van der Waals surface area contributed by atoms with E-state index in [1.54, 1.807) is 30.9 Å². The van der Waals surface area contributed by atoms with Gasteiger partial charge >= 0.3 is 5.95 Å². The minimum absolute atomic E-state index is 0.121. The number of nitrogens with zero attached hydrogens (tertiary/aromatic N) is 2. The van der Waals surface area contributed by atoms with Gasteiger partial charge in [-0.05, 0) is 31.4 Å². The number of hydrogen-bond acceptors (Lipinski definition) is 5. The van der Waals surface area contributed by atoms with Crippen molar-refractivity contribution in [2.45, 2.75) is 32.6 Å². The third-order valence-corrected chi connectivity index (χ3v) is 4.34. The zero-order valence-corrected chi connectivity index (χ0v) is 14.3. The molecule has 1 aromatic heterocycles. The molecule has 1 fully saturated rings. The van der Waals surface area contributed by atoms with Crippen LogP contribution in [0.5, 0.6) is 11.7 Å². The molecule has 7 heteroatoms. The number of aromatic nitrogens is 1. The third kappa shape index (κ3) is 3.45. The number of phenols is 1. The second-order valence-electron chi connectivity index (χ2n) is 6.07. The molecule has 1 N–H and O–H groups in total. The number of phenolic OH excluding ortho intramolecular Hbond substituents is 1. The number of aryl methyl sites for hydroxylation is 1. The number of carbonyl (C=O) groups is 1. The highest BCUT2D eigenvalue weighted by molar-refractivity contribution is 5.94. The predicted octanol–water partition coefficient (Wildman–Crippen LogP) is 3.25. The second kappa shape index (κ2) is 7.13. The first-order valence-corrected chi connectivity index (χ1v) is 8.38. The summed E-state index contributed by atoms with van der Waals surface area (Å²) in [7, 11) is 0. The van der Waals surface area contributed by atoms with Crippen LogP contribution in [0.2, 0.25) is 0 Å². The van der Waals surface area contributed by atoms with Gasteiger partial charge in [-0.25, -0.2) is 9.37 Å². The quantitative estimate of drug-likeness (QED) is 0.918. The maximum absolute atomic E-state index is 14.2. The molecule has 2 aromatic rings. The Balaban J connectivity index is 1.81. The molecule has 1 aliphatic rings. The van der Waals surface area contributed by atoms with Crippen LogP contribution >= 0.6 is 0 Å². The van der Waals surface area contributed by atoms with Crippen molar-refractivity contribution in [1.29, 1.82) is 0 Å². The summed E-state index contributed by atoms with van der Waals surface area (Å²) in [6, 6.07) is 4.58. The Morgan fingerprint density at radius 1 is 1.52 bits per heavy atom. The van der Waals surface area contributed by atoms with E-state index in [1.165, 1.54) is 6.07 Å². The summed E-state index contributed by atoms with van der Waals surface area (Å²) in [5.41, 5.74) is 0.579. The zero-order valence-electron chi connectivity index (χ0n) is 14.3. The fourth-order valence-corrected chi connectivity index (χ4v) is 3.19. The maximum atomic E-state index is 14.2.